The quantitative estimate of drug-likeness (QED) is 0.346. The number of rotatable bonds is 9. The number of nitrogens with zero attached hydrogens (tertiary/aromatic N) is 3. The lowest BCUT2D eigenvalue weighted by Crippen LogP contribution is -2.26. The highest BCUT2D eigenvalue weighted by Gasteiger charge is 2.16. The molecule has 4 aromatic rings. The maximum Gasteiger partial charge on any atom is 0.303 e. The van der Waals surface area contributed by atoms with E-state index in [1.165, 1.54) is 6.20 Å². The highest BCUT2D eigenvalue weighted by molar-refractivity contribution is 5.96. The van der Waals surface area contributed by atoms with Gasteiger partial charge in [-0.25, -0.2) is 15.0 Å². The number of unbranched alkanes of at least 4 members (excludes halogenated alkanes) is 1. The minimum atomic E-state index is -0.808. The normalized spacial score (nSPS) is 11.8. The molecule has 34 heavy (non-hydrogen) atoms. The number of hydrogen-bond acceptors (Lipinski definition) is 5. The van der Waals surface area contributed by atoms with Gasteiger partial charge in [-0.3, -0.25) is 9.59 Å². The highest BCUT2D eigenvalue weighted by Crippen LogP contribution is 2.24. The van der Waals surface area contributed by atoms with E-state index < -0.39 is 5.97 Å². The Morgan fingerprint density at radius 3 is 2.38 bits per heavy atom. The van der Waals surface area contributed by atoms with Crippen LogP contribution in [0.25, 0.3) is 22.4 Å². The first-order valence-corrected chi connectivity index (χ1v) is 11.3. The Hall–Kier alpha value is -4.13. The molecule has 0 aliphatic carbocycles. The predicted octanol–water partition coefficient (Wildman–Crippen LogP) is 4.98. The van der Waals surface area contributed by atoms with Crippen LogP contribution in [0, 0.1) is 0 Å². The van der Waals surface area contributed by atoms with Crippen molar-refractivity contribution < 1.29 is 14.7 Å². The van der Waals surface area contributed by atoms with Gasteiger partial charge >= 0.3 is 5.97 Å². The van der Waals surface area contributed by atoms with Gasteiger partial charge in [0.25, 0.3) is 5.91 Å². The topological polar surface area (TPSA) is 105 Å². The van der Waals surface area contributed by atoms with Crippen LogP contribution in [-0.2, 0) is 11.2 Å². The third-order valence-electron chi connectivity index (χ3n) is 5.60. The molecule has 0 fully saturated rings. The van der Waals surface area contributed by atoms with Gasteiger partial charge in [0.15, 0.2) is 5.65 Å². The van der Waals surface area contributed by atoms with E-state index in [1.54, 1.807) is 6.07 Å². The highest BCUT2D eigenvalue weighted by atomic mass is 16.4. The van der Waals surface area contributed by atoms with Crippen molar-refractivity contribution in [3.05, 3.63) is 89.7 Å². The summed E-state index contributed by atoms with van der Waals surface area (Å²) in [6, 6.07) is 21.0. The van der Waals surface area contributed by atoms with Crippen molar-refractivity contribution in [3.8, 4) is 11.3 Å². The van der Waals surface area contributed by atoms with Gasteiger partial charge in [-0.05, 0) is 37.8 Å². The first-order valence-electron chi connectivity index (χ1n) is 11.3. The first kappa shape index (κ1) is 23.0. The molecule has 0 spiro atoms. The van der Waals surface area contributed by atoms with Crippen LogP contribution >= 0.6 is 0 Å². The molecule has 2 aromatic heterocycles. The van der Waals surface area contributed by atoms with Crippen molar-refractivity contribution in [2.75, 3.05) is 0 Å². The van der Waals surface area contributed by atoms with Crippen LogP contribution < -0.4 is 5.32 Å². The molecular weight excluding hydrogens is 428 g/mol. The molecule has 0 saturated carbocycles. The summed E-state index contributed by atoms with van der Waals surface area (Å²) in [4.78, 5) is 37.7. The predicted molar refractivity (Wildman–Crippen MR) is 130 cm³/mol. The molecule has 0 aliphatic rings. The lowest BCUT2D eigenvalue weighted by atomic mass is 10.0. The van der Waals surface area contributed by atoms with Gasteiger partial charge in [-0.2, -0.15) is 0 Å². The van der Waals surface area contributed by atoms with Crippen LogP contribution in [0.5, 0.6) is 0 Å². The summed E-state index contributed by atoms with van der Waals surface area (Å²) in [5.74, 6) is -1.04. The lowest BCUT2D eigenvalue weighted by Gasteiger charge is -2.14. The molecule has 172 valence electrons. The molecule has 0 unspecified atom stereocenters. The number of amides is 1. The standard InChI is InChI=1S/C27H26N4O3/c1-18(19-10-4-2-5-11-19)29-27(34)21-16-23-26(28-17-21)31-25(20-12-6-3-7-13-20)22(30-23)14-8-9-15-24(32)33/h2-7,10-13,16-18H,8-9,14-15H2,1H3,(H,29,34)(H,32,33)/t18-/m1/s1. The van der Waals surface area contributed by atoms with Gasteiger partial charge < -0.3 is 10.4 Å². The fraction of sp³-hybridized carbons (Fsp3) is 0.222. The molecule has 4 rings (SSSR count). The minimum absolute atomic E-state index is 0.118. The summed E-state index contributed by atoms with van der Waals surface area (Å²) in [6.45, 7) is 1.93. The van der Waals surface area contributed by atoms with Crippen LogP contribution in [-0.4, -0.2) is 31.9 Å². The number of aryl methyl sites for hydroxylation is 1. The molecule has 7 nitrogen and oxygen atoms in total. The average molecular weight is 455 g/mol. The summed E-state index contributed by atoms with van der Waals surface area (Å²) in [7, 11) is 0. The maximum absolute atomic E-state index is 12.9. The maximum atomic E-state index is 12.9. The number of aliphatic carboxylic acids is 1. The number of aromatic nitrogens is 3. The van der Waals surface area contributed by atoms with Crippen LogP contribution in [0.2, 0.25) is 0 Å². The third-order valence-corrected chi connectivity index (χ3v) is 5.60. The molecule has 0 radical (unpaired) electrons. The van der Waals surface area contributed by atoms with Crippen LogP contribution in [0.15, 0.2) is 72.9 Å². The smallest absolute Gasteiger partial charge is 0.303 e. The van der Waals surface area contributed by atoms with E-state index in [0.29, 0.717) is 36.0 Å². The van der Waals surface area contributed by atoms with Crippen molar-refractivity contribution >= 4 is 23.0 Å². The van der Waals surface area contributed by atoms with Crippen molar-refractivity contribution in [2.24, 2.45) is 0 Å². The van der Waals surface area contributed by atoms with Crippen LogP contribution in [0.4, 0.5) is 0 Å². The van der Waals surface area contributed by atoms with E-state index in [9.17, 15) is 9.59 Å². The van der Waals surface area contributed by atoms with Gasteiger partial charge in [0.2, 0.25) is 0 Å². The van der Waals surface area contributed by atoms with E-state index in [4.69, 9.17) is 15.1 Å². The second-order valence-corrected chi connectivity index (χ2v) is 8.16. The number of carboxylic acids is 1. The van der Waals surface area contributed by atoms with Crippen LogP contribution in [0.3, 0.4) is 0 Å². The second kappa shape index (κ2) is 10.7. The van der Waals surface area contributed by atoms with Crippen molar-refractivity contribution in [1.82, 2.24) is 20.3 Å². The number of carboxylic acid groups (broad SMARTS) is 1. The summed E-state index contributed by atoms with van der Waals surface area (Å²) < 4.78 is 0. The molecule has 2 aromatic carbocycles. The Morgan fingerprint density at radius 2 is 1.68 bits per heavy atom. The molecule has 0 saturated heterocycles. The van der Waals surface area contributed by atoms with Gasteiger partial charge in [-0.1, -0.05) is 60.7 Å². The van der Waals surface area contributed by atoms with Gasteiger partial charge in [0.05, 0.1) is 23.0 Å². The lowest BCUT2D eigenvalue weighted by molar-refractivity contribution is -0.137. The zero-order chi connectivity index (χ0) is 23.9. The van der Waals surface area contributed by atoms with Gasteiger partial charge in [0, 0.05) is 18.2 Å². The van der Waals surface area contributed by atoms with E-state index >= 15 is 0 Å². The largest absolute Gasteiger partial charge is 0.481 e. The van der Waals surface area contributed by atoms with E-state index in [0.717, 1.165) is 22.5 Å². The minimum Gasteiger partial charge on any atom is -0.481 e. The molecule has 0 bridgehead atoms. The van der Waals surface area contributed by atoms with E-state index in [-0.39, 0.29) is 18.4 Å². The number of fused-ring (bicyclic) bond motifs is 1. The number of nitrogens with one attached hydrogen (secondary N) is 1. The summed E-state index contributed by atoms with van der Waals surface area (Å²) >= 11 is 0. The number of carbonyl (C=O) groups is 2. The van der Waals surface area contributed by atoms with Gasteiger partial charge in [-0.15, -0.1) is 0 Å². The summed E-state index contributed by atoms with van der Waals surface area (Å²) in [6.07, 6.45) is 3.45. The average Bonchev–Trinajstić information content (AvgIpc) is 2.86. The van der Waals surface area contributed by atoms with Crippen molar-refractivity contribution in [2.45, 2.75) is 38.6 Å². The second-order valence-electron chi connectivity index (χ2n) is 8.16. The monoisotopic (exact) mass is 454 g/mol. The molecule has 1 amide bonds. The third kappa shape index (κ3) is 5.61. The Bertz CT molecular complexity index is 1290. The zero-order valence-corrected chi connectivity index (χ0v) is 18.9. The zero-order valence-electron chi connectivity index (χ0n) is 18.9. The fourth-order valence-electron chi connectivity index (χ4n) is 3.78. The number of hydrogen-bond donors (Lipinski definition) is 2. The molecule has 7 heteroatoms. The van der Waals surface area contributed by atoms with E-state index in [2.05, 4.69) is 10.3 Å². The molecule has 2 N–H and O–H groups in total. The van der Waals surface area contributed by atoms with Gasteiger partial charge in [0.1, 0.15) is 5.52 Å². The van der Waals surface area contributed by atoms with Crippen LogP contribution in [0.1, 0.15) is 53.8 Å². The molecule has 1 atom stereocenters. The molecular formula is C27H26N4O3. The Balaban J connectivity index is 1.62. The summed E-state index contributed by atoms with van der Waals surface area (Å²) in [5.41, 5.74) is 4.83. The Kier molecular flexibility index (Phi) is 7.22. The molecule has 2 heterocycles. The molecule has 0 aliphatic heterocycles. The number of benzene rings is 2. The fourth-order valence-corrected chi connectivity index (χ4v) is 3.78. The van der Waals surface area contributed by atoms with E-state index in [1.807, 2.05) is 67.6 Å². The Morgan fingerprint density at radius 1 is 0.971 bits per heavy atom. The summed E-state index contributed by atoms with van der Waals surface area (Å²) in [5, 5.41) is 11.9. The number of pyridine rings is 1. The van der Waals surface area contributed by atoms with Crippen molar-refractivity contribution in [1.29, 1.82) is 0 Å². The first-order chi connectivity index (χ1) is 16.5. The van der Waals surface area contributed by atoms with Crippen molar-refractivity contribution in [3.63, 3.8) is 0 Å². The SMILES string of the molecule is C[C@@H](NC(=O)c1cnc2nc(-c3ccccc3)c(CCCCC(=O)O)nc2c1)c1ccccc1. The number of carbonyl (C=O) groups excluding carboxylic acids is 1. The Labute approximate surface area is 197 Å².